The van der Waals surface area contributed by atoms with Crippen molar-refractivity contribution in [2.24, 2.45) is 69.3 Å². The van der Waals surface area contributed by atoms with Crippen molar-refractivity contribution in [3.8, 4) is 11.3 Å². The number of ether oxygens (including phenoxy) is 1. The lowest BCUT2D eigenvalue weighted by molar-refractivity contribution is -0.198. The fourth-order valence-corrected chi connectivity index (χ4v) is 14.3. The van der Waals surface area contributed by atoms with Gasteiger partial charge in [-0.2, -0.15) is 0 Å². The Morgan fingerprint density at radius 1 is 0.868 bits per heavy atom. The molecule has 1 aromatic heterocycles. The second-order valence-corrected chi connectivity index (χ2v) is 19.4. The summed E-state index contributed by atoms with van der Waals surface area (Å²) in [6, 6.07) is 10.1. The van der Waals surface area contributed by atoms with Gasteiger partial charge in [-0.25, -0.2) is 4.98 Å². The first-order valence-corrected chi connectivity index (χ1v) is 21.0. The maximum absolute atomic E-state index is 14.8. The zero-order chi connectivity index (χ0) is 36.9. The number of fused-ring (bicyclic) bond motifs is 7. The number of carboxylic acids is 1. The fraction of sp³-hybridized carbons (Fsp3) is 0.727. The first-order chi connectivity index (χ1) is 25.4. The molecular weight excluding hydrogens is 665 g/mol. The lowest BCUT2D eigenvalue weighted by Crippen LogP contribution is -2.65. The third kappa shape index (κ3) is 5.24. The average molecular weight is 725 g/mol. The van der Waals surface area contributed by atoms with Crippen molar-refractivity contribution < 1.29 is 24.2 Å². The minimum Gasteiger partial charge on any atom is -0.481 e. The Labute approximate surface area is 314 Å². The van der Waals surface area contributed by atoms with Crippen LogP contribution in [0.3, 0.4) is 0 Å². The second kappa shape index (κ2) is 12.7. The Kier molecular flexibility index (Phi) is 8.49. The molecule has 1 aromatic carbocycles. The highest BCUT2D eigenvalue weighted by Crippen LogP contribution is 2.71. The number of nitrogens with one attached hydrogen (secondary N) is 2. The van der Waals surface area contributed by atoms with E-state index in [1.165, 1.54) is 12.8 Å². The summed E-state index contributed by atoms with van der Waals surface area (Å²) >= 11 is 0. The van der Waals surface area contributed by atoms with Crippen LogP contribution < -0.4 is 11.1 Å². The molecule has 286 valence electrons. The van der Waals surface area contributed by atoms with Crippen LogP contribution in [0.2, 0.25) is 0 Å². The summed E-state index contributed by atoms with van der Waals surface area (Å²) in [5, 5.41) is 13.1. The Hall–Kier alpha value is -3.20. The number of carbonyl (C=O) groups excluding carboxylic acids is 2. The van der Waals surface area contributed by atoms with Crippen LogP contribution in [0.25, 0.3) is 11.3 Å². The van der Waals surface area contributed by atoms with Gasteiger partial charge in [0.1, 0.15) is 11.9 Å². The third-order valence-corrected chi connectivity index (χ3v) is 17.5. The number of carboxylic acid groups (broad SMARTS) is 1. The predicted octanol–water partition coefficient (Wildman–Crippen LogP) is 7.61. The van der Waals surface area contributed by atoms with Crippen molar-refractivity contribution in [2.75, 3.05) is 0 Å². The molecule has 7 aliphatic carbocycles. The van der Waals surface area contributed by atoms with E-state index in [4.69, 9.17) is 15.5 Å². The minimum atomic E-state index is -0.823. The summed E-state index contributed by atoms with van der Waals surface area (Å²) in [6.45, 7) is 6.94. The third-order valence-electron chi connectivity index (χ3n) is 17.5. The summed E-state index contributed by atoms with van der Waals surface area (Å²) in [7, 11) is 0. The van der Waals surface area contributed by atoms with Gasteiger partial charge in [0, 0.05) is 6.04 Å². The number of H-pyrrole nitrogens is 1. The Bertz CT molecular complexity index is 1760. The molecule has 9 nitrogen and oxygen atoms in total. The van der Waals surface area contributed by atoms with Crippen molar-refractivity contribution >= 4 is 17.8 Å². The number of carbonyl (C=O) groups is 3. The normalized spacial score (nSPS) is 43.8. The van der Waals surface area contributed by atoms with Gasteiger partial charge in [-0.3, -0.25) is 14.4 Å². The van der Waals surface area contributed by atoms with Crippen LogP contribution in [0, 0.1) is 63.6 Å². The van der Waals surface area contributed by atoms with Crippen LogP contribution in [0.5, 0.6) is 0 Å². The van der Waals surface area contributed by atoms with E-state index in [0.29, 0.717) is 36.0 Å². The zero-order valence-electron chi connectivity index (χ0n) is 31.9. The molecule has 0 spiro atoms. The van der Waals surface area contributed by atoms with E-state index in [2.05, 4.69) is 36.3 Å². The van der Waals surface area contributed by atoms with Crippen LogP contribution in [-0.2, 0) is 24.7 Å². The van der Waals surface area contributed by atoms with Crippen molar-refractivity contribution in [1.82, 2.24) is 15.3 Å². The number of nitrogens with two attached hydrogens (primary N) is 1. The smallest absolute Gasteiger partial charge is 0.309 e. The number of hydrogen-bond acceptors (Lipinski definition) is 6. The summed E-state index contributed by atoms with van der Waals surface area (Å²) in [4.78, 5) is 47.9. The molecule has 9 heteroatoms. The highest BCUT2D eigenvalue weighted by molar-refractivity contribution is 5.84. The van der Waals surface area contributed by atoms with Gasteiger partial charge < -0.3 is 25.9 Å². The Morgan fingerprint density at radius 3 is 2.32 bits per heavy atom. The molecule has 0 radical (unpaired) electrons. The molecule has 9 rings (SSSR count). The molecule has 7 saturated carbocycles. The summed E-state index contributed by atoms with van der Waals surface area (Å²) in [5.74, 6) is 1.62. The molecule has 13 atom stereocenters. The number of nitrogens with zero attached hydrogens (tertiary/aromatic N) is 1. The number of rotatable bonds is 7. The number of benzene rings is 1. The maximum Gasteiger partial charge on any atom is 0.309 e. The van der Waals surface area contributed by atoms with Crippen molar-refractivity contribution in [3.63, 3.8) is 0 Å². The molecular formula is C44H60N4O5. The van der Waals surface area contributed by atoms with Gasteiger partial charge in [0.25, 0.3) is 0 Å². The first-order valence-electron chi connectivity index (χ1n) is 21.0. The molecule has 7 aliphatic rings. The van der Waals surface area contributed by atoms with Crippen LogP contribution in [0.4, 0.5) is 0 Å². The van der Waals surface area contributed by atoms with Gasteiger partial charge in [-0.15, -0.1) is 0 Å². The largest absolute Gasteiger partial charge is 0.481 e. The van der Waals surface area contributed by atoms with Gasteiger partial charge in [0.15, 0.2) is 0 Å². The topological polar surface area (TPSA) is 147 Å². The van der Waals surface area contributed by atoms with E-state index in [0.717, 1.165) is 94.1 Å². The minimum absolute atomic E-state index is 0.0955. The number of amides is 1. The van der Waals surface area contributed by atoms with Gasteiger partial charge in [0.05, 0.1) is 34.7 Å². The van der Waals surface area contributed by atoms with Crippen molar-refractivity contribution in [1.29, 1.82) is 0 Å². The first kappa shape index (κ1) is 35.5. The molecule has 5 N–H and O–H groups in total. The quantitative estimate of drug-likeness (QED) is 0.215. The number of aromatic amines is 1. The maximum atomic E-state index is 14.8. The Morgan fingerprint density at radius 2 is 1.60 bits per heavy atom. The average Bonchev–Trinajstić information content (AvgIpc) is 3.80. The zero-order valence-corrected chi connectivity index (χ0v) is 31.9. The highest BCUT2D eigenvalue weighted by atomic mass is 16.5. The lowest BCUT2D eigenvalue weighted by atomic mass is 9.38. The molecule has 0 aliphatic heterocycles. The van der Waals surface area contributed by atoms with Crippen molar-refractivity contribution in [2.45, 2.75) is 135 Å². The molecule has 53 heavy (non-hydrogen) atoms. The van der Waals surface area contributed by atoms with Gasteiger partial charge in [0.2, 0.25) is 5.91 Å². The van der Waals surface area contributed by atoms with Gasteiger partial charge >= 0.3 is 11.9 Å². The van der Waals surface area contributed by atoms with Crippen molar-refractivity contribution in [3.05, 3.63) is 42.4 Å². The van der Waals surface area contributed by atoms with E-state index in [-0.39, 0.29) is 52.1 Å². The predicted molar refractivity (Wildman–Crippen MR) is 201 cm³/mol. The second-order valence-electron chi connectivity index (χ2n) is 19.4. The van der Waals surface area contributed by atoms with Crippen LogP contribution >= 0.6 is 0 Å². The fourth-order valence-electron chi connectivity index (χ4n) is 14.3. The number of hydrogen-bond donors (Lipinski definition) is 4. The molecule has 7 fully saturated rings. The number of esters is 1. The van der Waals surface area contributed by atoms with Gasteiger partial charge in [-0.05, 0) is 142 Å². The van der Waals surface area contributed by atoms with E-state index in [1.807, 2.05) is 31.3 Å². The molecule has 0 saturated heterocycles. The SMILES string of the molecule is CC1C(C(=O)O)CC1C(=O)OC1CCC2(C)C(CCC3(C)C4CCC5(C(=O)NC6(c7ncc(-c8ccccc8)[nH]7)CCC6)CCCC5C4CCC23)C1N. The van der Waals surface area contributed by atoms with E-state index in [1.54, 1.807) is 0 Å². The monoisotopic (exact) mass is 724 g/mol. The molecule has 0 bridgehead atoms. The summed E-state index contributed by atoms with van der Waals surface area (Å²) in [5.41, 5.74) is 8.81. The van der Waals surface area contributed by atoms with Crippen LogP contribution in [0.15, 0.2) is 36.5 Å². The van der Waals surface area contributed by atoms with E-state index >= 15 is 0 Å². The summed E-state index contributed by atoms with van der Waals surface area (Å²) < 4.78 is 6.12. The molecule has 1 amide bonds. The standard InChI is InChI=1S/C44H60N4O5/c1-25-28(37(49)50)23-29(25)38(51)53-34-16-21-42(3)32(36(34)45)14-20-41(2)30-15-22-43(17-7-11-31(43)27(30)12-13-35(41)42)40(52)48-44(18-8-19-44)39-46-24-33(47-39)26-9-5-4-6-10-26/h4-6,9-10,24-25,27-32,34-36H,7-8,11-23,45H2,1-3H3,(H,46,47)(H,48,52)(H,49,50). The Balaban J connectivity index is 0.890. The van der Waals surface area contributed by atoms with E-state index < -0.39 is 17.4 Å². The molecule has 13 unspecified atom stereocenters. The number of imidazole rings is 1. The summed E-state index contributed by atoms with van der Waals surface area (Å²) in [6.07, 6.45) is 16.7. The highest BCUT2D eigenvalue weighted by Gasteiger charge is 2.66. The molecule has 2 aromatic rings. The van der Waals surface area contributed by atoms with Crippen LogP contribution in [0.1, 0.15) is 123 Å². The lowest BCUT2D eigenvalue weighted by Gasteiger charge is -2.67. The number of aliphatic carboxylic acids is 1. The van der Waals surface area contributed by atoms with Gasteiger partial charge in [-0.1, -0.05) is 57.5 Å². The molecule has 1 heterocycles. The number of aromatic nitrogens is 2. The van der Waals surface area contributed by atoms with Crippen LogP contribution in [-0.4, -0.2) is 45.1 Å². The van der Waals surface area contributed by atoms with E-state index in [9.17, 15) is 19.5 Å².